The summed E-state index contributed by atoms with van der Waals surface area (Å²) in [6.45, 7) is 0.343. The van der Waals surface area contributed by atoms with Crippen molar-refractivity contribution < 1.29 is 70.4 Å². The van der Waals surface area contributed by atoms with Gasteiger partial charge in [-0.2, -0.15) is 0 Å². The fourth-order valence-corrected chi connectivity index (χ4v) is 2.10. The predicted octanol–water partition coefficient (Wildman–Crippen LogP) is -0.592. The van der Waals surface area contributed by atoms with Crippen LogP contribution in [0.25, 0.3) is 22.6 Å². The number of benzene rings is 2. The average molecular weight is 335 g/mol. The second-order valence-electron chi connectivity index (χ2n) is 4.84. The van der Waals surface area contributed by atoms with Crippen molar-refractivity contribution in [3.8, 4) is 17.2 Å². The molecule has 0 aliphatic carbocycles. The van der Waals surface area contributed by atoms with Gasteiger partial charge in [0.15, 0.2) is 5.58 Å². The summed E-state index contributed by atoms with van der Waals surface area (Å²) in [5.41, 5.74) is 2.43. The number of carboxylic acids is 1. The molecule has 0 atom stereocenters. The summed E-state index contributed by atoms with van der Waals surface area (Å²) in [4.78, 5) is 14.7. The van der Waals surface area contributed by atoms with Gasteiger partial charge in [-0.15, -0.1) is 0 Å². The van der Waals surface area contributed by atoms with Gasteiger partial charge in [0.1, 0.15) is 11.3 Å². The molecule has 0 aliphatic rings. The number of rotatable bonds is 6. The van der Waals surface area contributed by atoms with Crippen molar-refractivity contribution in [2.45, 2.75) is 12.8 Å². The Balaban J connectivity index is 0.00000192. The van der Waals surface area contributed by atoms with Gasteiger partial charge in [0.25, 0.3) is 0 Å². The van der Waals surface area contributed by atoms with Crippen LogP contribution >= 0.6 is 0 Å². The summed E-state index contributed by atoms with van der Waals surface area (Å²) in [5.74, 6) is 0.179. The quantitative estimate of drug-likeness (QED) is 0.444. The minimum atomic E-state index is -1.06. The first kappa shape index (κ1) is 18.2. The first-order valence-electron chi connectivity index (χ1n) is 7.01. The molecule has 1 aromatic heterocycles. The monoisotopic (exact) mass is 335 g/mol. The Bertz CT molecular complexity index is 750. The number of nitrogens with zero attached hydrogens (tertiary/aromatic N) is 1. The minimum Gasteiger partial charge on any atom is -0.550 e. The van der Waals surface area contributed by atoms with Gasteiger partial charge in [-0.25, -0.2) is 4.98 Å². The molecule has 23 heavy (non-hydrogen) atoms. The maximum atomic E-state index is 10.3. The summed E-state index contributed by atoms with van der Waals surface area (Å²) in [6.07, 6.45) is 0.427. The number of carboxylic acid groups (broad SMARTS) is 1. The van der Waals surface area contributed by atoms with E-state index in [0.717, 1.165) is 16.7 Å². The third kappa shape index (κ3) is 4.89. The summed E-state index contributed by atoms with van der Waals surface area (Å²) < 4.78 is 11.2. The Kier molecular flexibility index (Phi) is 6.80. The number of carbonyl (C=O) groups excluding carboxylic acids is 1. The molecule has 3 aromatic rings. The molecule has 0 saturated carbocycles. The third-order valence-corrected chi connectivity index (χ3v) is 3.19. The van der Waals surface area contributed by atoms with Crippen LogP contribution in [0.4, 0.5) is 0 Å². The van der Waals surface area contributed by atoms with E-state index in [-0.39, 0.29) is 57.8 Å². The van der Waals surface area contributed by atoms with E-state index < -0.39 is 5.97 Å². The zero-order valence-electron chi connectivity index (χ0n) is 12.8. The van der Waals surface area contributed by atoms with Crippen molar-refractivity contribution in [1.82, 2.24) is 4.98 Å². The molecule has 0 unspecified atom stereocenters. The van der Waals surface area contributed by atoms with Gasteiger partial charge in [-0.05, 0) is 49.2 Å². The SMILES string of the molecule is O=C([O-])CCCOc1ccc(-c2nc3ccccc3o2)cc1.[K+]. The summed E-state index contributed by atoms with van der Waals surface area (Å²) >= 11 is 0. The number of ether oxygens (including phenoxy) is 1. The zero-order chi connectivity index (χ0) is 15.4. The Morgan fingerprint density at radius 3 is 2.57 bits per heavy atom. The van der Waals surface area contributed by atoms with E-state index in [1.54, 1.807) is 0 Å². The smallest absolute Gasteiger partial charge is 0.550 e. The van der Waals surface area contributed by atoms with Gasteiger partial charge in [-0.3, -0.25) is 0 Å². The second-order valence-corrected chi connectivity index (χ2v) is 4.84. The molecule has 0 fully saturated rings. The standard InChI is InChI=1S/C17H15NO4.K/c19-16(20)6-3-11-21-13-9-7-12(8-10-13)17-18-14-4-1-2-5-15(14)22-17;/h1-2,4-5,7-10H,3,6,11H2,(H,19,20);/q;+1/p-1. The fraction of sp³-hybridized carbons (Fsp3) is 0.176. The van der Waals surface area contributed by atoms with Crippen molar-refractivity contribution in [3.63, 3.8) is 0 Å². The number of oxazole rings is 1. The number of aliphatic carboxylic acids is 1. The minimum absolute atomic E-state index is 0. The number of carbonyl (C=O) groups is 1. The van der Waals surface area contributed by atoms with Crippen LogP contribution in [-0.4, -0.2) is 17.6 Å². The molecule has 0 radical (unpaired) electrons. The summed E-state index contributed by atoms with van der Waals surface area (Å²) in [7, 11) is 0. The Labute approximate surface area is 176 Å². The molecule has 0 N–H and O–H groups in total. The van der Waals surface area contributed by atoms with Crippen LogP contribution in [0.1, 0.15) is 12.8 Å². The van der Waals surface area contributed by atoms with E-state index in [4.69, 9.17) is 9.15 Å². The van der Waals surface area contributed by atoms with Crippen LogP contribution in [0, 0.1) is 0 Å². The maximum Gasteiger partial charge on any atom is 1.00 e. The van der Waals surface area contributed by atoms with Gasteiger partial charge in [0.05, 0.1) is 6.61 Å². The molecule has 0 aliphatic heterocycles. The van der Waals surface area contributed by atoms with Crippen LogP contribution in [0.5, 0.6) is 5.75 Å². The largest absolute Gasteiger partial charge is 1.00 e. The van der Waals surface area contributed by atoms with Crippen molar-refractivity contribution in [3.05, 3.63) is 48.5 Å². The van der Waals surface area contributed by atoms with Crippen LogP contribution in [-0.2, 0) is 4.79 Å². The molecule has 0 saturated heterocycles. The number of hydrogen-bond donors (Lipinski definition) is 0. The molecule has 5 nitrogen and oxygen atoms in total. The average Bonchev–Trinajstić information content (AvgIpc) is 2.96. The Morgan fingerprint density at radius 2 is 1.87 bits per heavy atom. The van der Waals surface area contributed by atoms with Crippen molar-refractivity contribution >= 4 is 17.1 Å². The van der Waals surface area contributed by atoms with Gasteiger partial charge in [-0.1, -0.05) is 12.1 Å². The number of fused-ring (bicyclic) bond motifs is 1. The molecular weight excluding hydrogens is 321 g/mol. The van der Waals surface area contributed by atoms with Gasteiger partial charge >= 0.3 is 51.4 Å². The molecular formula is C17H14KNO4. The first-order chi connectivity index (χ1) is 10.7. The third-order valence-electron chi connectivity index (χ3n) is 3.19. The van der Waals surface area contributed by atoms with Crippen LogP contribution < -0.4 is 61.2 Å². The molecule has 0 bridgehead atoms. The van der Waals surface area contributed by atoms with Crippen LogP contribution in [0.3, 0.4) is 0 Å². The predicted molar refractivity (Wildman–Crippen MR) is 79.2 cm³/mol. The molecule has 0 spiro atoms. The van der Waals surface area contributed by atoms with E-state index in [1.807, 2.05) is 48.5 Å². The zero-order valence-corrected chi connectivity index (χ0v) is 15.9. The van der Waals surface area contributed by atoms with Gasteiger partial charge in [0, 0.05) is 11.5 Å². The van der Waals surface area contributed by atoms with E-state index in [2.05, 4.69) is 4.98 Å². The Morgan fingerprint density at radius 1 is 1.13 bits per heavy atom. The normalized spacial score (nSPS) is 10.3. The van der Waals surface area contributed by atoms with Gasteiger partial charge < -0.3 is 19.1 Å². The van der Waals surface area contributed by atoms with Crippen LogP contribution in [0.15, 0.2) is 52.9 Å². The number of aromatic nitrogens is 1. The molecule has 0 amide bonds. The van der Waals surface area contributed by atoms with E-state index >= 15 is 0 Å². The van der Waals surface area contributed by atoms with Crippen LogP contribution in [0.2, 0.25) is 0 Å². The Hall–Kier alpha value is -1.18. The molecule has 112 valence electrons. The van der Waals surface area contributed by atoms with Crippen molar-refractivity contribution in [2.75, 3.05) is 6.61 Å². The molecule has 6 heteroatoms. The second kappa shape index (κ2) is 8.61. The van der Waals surface area contributed by atoms with E-state index in [9.17, 15) is 9.90 Å². The molecule has 1 heterocycles. The summed E-state index contributed by atoms with van der Waals surface area (Å²) in [5, 5.41) is 10.3. The van der Waals surface area contributed by atoms with Crippen molar-refractivity contribution in [2.24, 2.45) is 0 Å². The van der Waals surface area contributed by atoms with E-state index in [1.165, 1.54) is 0 Å². The van der Waals surface area contributed by atoms with Gasteiger partial charge in [0.2, 0.25) is 5.89 Å². The number of hydrogen-bond acceptors (Lipinski definition) is 5. The van der Waals surface area contributed by atoms with Crippen molar-refractivity contribution in [1.29, 1.82) is 0 Å². The topological polar surface area (TPSA) is 75.4 Å². The van der Waals surface area contributed by atoms with E-state index in [0.29, 0.717) is 24.7 Å². The maximum absolute atomic E-state index is 10.3. The molecule has 2 aromatic carbocycles. The summed E-state index contributed by atoms with van der Waals surface area (Å²) in [6, 6.07) is 14.9. The molecule has 3 rings (SSSR count). The first-order valence-corrected chi connectivity index (χ1v) is 7.01. The number of para-hydroxylation sites is 2. The fourth-order valence-electron chi connectivity index (χ4n) is 2.10.